The first-order valence-electron chi connectivity index (χ1n) is 7.70. The first kappa shape index (κ1) is 17.9. The molecule has 6 nitrogen and oxygen atoms in total. The van der Waals surface area contributed by atoms with E-state index in [-0.39, 0.29) is 17.4 Å². The van der Waals surface area contributed by atoms with Gasteiger partial charge in [-0.1, -0.05) is 47.2 Å². The minimum atomic E-state index is -0.270. The number of hydrogen-bond donors (Lipinski definition) is 2. The zero-order valence-corrected chi connectivity index (χ0v) is 13.9. The van der Waals surface area contributed by atoms with Crippen molar-refractivity contribution in [1.82, 2.24) is 9.80 Å². The predicted octanol–water partition coefficient (Wildman–Crippen LogP) is 0.886. The molecule has 0 radical (unpaired) electrons. The Labute approximate surface area is 140 Å². The second kappa shape index (κ2) is 9.67. The van der Waals surface area contributed by atoms with E-state index >= 15 is 0 Å². The molecule has 0 aromatic heterocycles. The van der Waals surface area contributed by atoms with Crippen molar-refractivity contribution in [1.29, 1.82) is 0 Å². The van der Waals surface area contributed by atoms with Gasteiger partial charge in [-0.3, -0.25) is 14.6 Å². The molecule has 0 bridgehead atoms. The maximum absolute atomic E-state index is 11.8. The number of thioether (sulfide) groups is 1. The number of nitrogens with zero attached hydrogens (tertiary/aromatic N) is 3. The molecule has 1 saturated heterocycles. The first-order chi connectivity index (χ1) is 11.2. The number of oxime groups is 1. The summed E-state index contributed by atoms with van der Waals surface area (Å²) in [5.41, 5.74) is 1.45. The van der Waals surface area contributed by atoms with E-state index in [0.29, 0.717) is 12.3 Å². The quantitative estimate of drug-likeness (QED) is 0.437. The van der Waals surface area contributed by atoms with E-state index in [1.54, 1.807) is 0 Å². The van der Waals surface area contributed by atoms with Gasteiger partial charge < -0.3 is 10.3 Å². The summed E-state index contributed by atoms with van der Waals surface area (Å²) in [5, 5.41) is 20.6. The fourth-order valence-electron chi connectivity index (χ4n) is 2.52. The highest BCUT2D eigenvalue weighted by molar-refractivity contribution is 8.15. The Bertz CT molecular complexity index is 517. The Balaban J connectivity index is 1.76. The molecular formula is C16H23N3O3S. The summed E-state index contributed by atoms with van der Waals surface area (Å²) < 4.78 is 0. The standard InChI is InChI=1S/C16H23N3O3S/c20-10-11-23-16(21)15(17-22)13-19-8-6-18(7-9-19)12-14-4-2-1-3-5-14/h1-5,20,22H,6-13H2/b17-15-. The zero-order valence-electron chi connectivity index (χ0n) is 13.1. The minimum Gasteiger partial charge on any atom is -0.410 e. The van der Waals surface area contributed by atoms with Crippen LogP contribution in [0.3, 0.4) is 0 Å². The van der Waals surface area contributed by atoms with Crippen molar-refractivity contribution in [2.45, 2.75) is 6.54 Å². The van der Waals surface area contributed by atoms with E-state index in [1.807, 2.05) is 18.2 Å². The molecule has 0 saturated carbocycles. The number of benzene rings is 1. The van der Waals surface area contributed by atoms with Crippen LogP contribution >= 0.6 is 11.8 Å². The number of aliphatic hydroxyl groups excluding tert-OH is 1. The number of carbonyl (C=O) groups is 1. The van der Waals surface area contributed by atoms with Crippen LogP contribution in [0.2, 0.25) is 0 Å². The van der Waals surface area contributed by atoms with Crippen molar-refractivity contribution >= 4 is 22.6 Å². The maximum atomic E-state index is 11.8. The summed E-state index contributed by atoms with van der Waals surface area (Å²) in [5.74, 6) is 0.322. The van der Waals surface area contributed by atoms with Crippen LogP contribution in [0.15, 0.2) is 35.5 Å². The van der Waals surface area contributed by atoms with E-state index in [4.69, 9.17) is 10.3 Å². The van der Waals surface area contributed by atoms with Gasteiger partial charge >= 0.3 is 0 Å². The third-order valence-electron chi connectivity index (χ3n) is 3.77. The molecule has 126 valence electrons. The topological polar surface area (TPSA) is 76.4 Å². The molecule has 0 unspecified atom stereocenters. The lowest BCUT2D eigenvalue weighted by Gasteiger charge is -2.34. The van der Waals surface area contributed by atoms with E-state index in [0.717, 1.165) is 44.5 Å². The average Bonchev–Trinajstić information content (AvgIpc) is 2.60. The largest absolute Gasteiger partial charge is 0.410 e. The molecule has 1 fully saturated rings. The molecule has 1 heterocycles. The summed E-state index contributed by atoms with van der Waals surface area (Å²) in [6.45, 7) is 4.74. The number of rotatable bonds is 7. The highest BCUT2D eigenvalue weighted by atomic mass is 32.2. The second-order valence-corrected chi connectivity index (χ2v) is 6.51. The van der Waals surface area contributed by atoms with E-state index in [1.165, 1.54) is 5.56 Å². The Morgan fingerprint density at radius 3 is 2.39 bits per heavy atom. The monoisotopic (exact) mass is 337 g/mol. The van der Waals surface area contributed by atoms with Crippen LogP contribution in [0.1, 0.15) is 5.56 Å². The molecule has 1 aliphatic rings. The van der Waals surface area contributed by atoms with Gasteiger partial charge in [0.15, 0.2) is 0 Å². The number of aliphatic hydroxyl groups is 1. The highest BCUT2D eigenvalue weighted by Crippen LogP contribution is 2.10. The third kappa shape index (κ3) is 5.95. The van der Waals surface area contributed by atoms with E-state index in [9.17, 15) is 4.79 Å². The molecule has 2 N–H and O–H groups in total. The summed E-state index contributed by atoms with van der Waals surface area (Å²) in [6.07, 6.45) is 0. The molecule has 0 amide bonds. The van der Waals surface area contributed by atoms with Crippen LogP contribution in [0.5, 0.6) is 0 Å². The van der Waals surface area contributed by atoms with Crippen LogP contribution in [-0.2, 0) is 11.3 Å². The van der Waals surface area contributed by atoms with Crippen molar-refractivity contribution < 1.29 is 15.1 Å². The Hall–Kier alpha value is -1.41. The fourth-order valence-corrected chi connectivity index (χ4v) is 3.07. The van der Waals surface area contributed by atoms with Gasteiger partial charge in [0, 0.05) is 45.0 Å². The fraction of sp³-hybridized carbons (Fsp3) is 0.500. The Morgan fingerprint density at radius 2 is 1.78 bits per heavy atom. The minimum absolute atomic E-state index is 0.0622. The maximum Gasteiger partial charge on any atom is 0.238 e. The van der Waals surface area contributed by atoms with Gasteiger partial charge in [0.2, 0.25) is 5.12 Å². The lowest BCUT2D eigenvalue weighted by Crippen LogP contribution is -2.48. The van der Waals surface area contributed by atoms with Gasteiger partial charge in [0.1, 0.15) is 5.71 Å². The van der Waals surface area contributed by atoms with Gasteiger partial charge in [-0.25, -0.2) is 0 Å². The van der Waals surface area contributed by atoms with Crippen molar-refractivity contribution in [2.75, 3.05) is 45.1 Å². The van der Waals surface area contributed by atoms with Gasteiger partial charge in [-0.15, -0.1) is 0 Å². The smallest absolute Gasteiger partial charge is 0.238 e. The summed E-state index contributed by atoms with van der Waals surface area (Å²) in [4.78, 5) is 16.3. The van der Waals surface area contributed by atoms with Crippen LogP contribution in [0.4, 0.5) is 0 Å². The predicted molar refractivity (Wildman–Crippen MR) is 91.9 cm³/mol. The van der Waals surface area contributed by atoms with Gasteiger partial charge in [0.25, 0.3) is 0 Å². The van der Waals surface area contributed by atoms with E-state index < -0.39 is 0 Å². The Kier molecular flexibility index (Phi) is 7.54. The Morgan fingerprint density at radius 1 is 1.13 bits per heavy atom. The molecule has 23 heavy (non-hydrogen) atoms. The van der Waals surface area contributed by atoms with Crippen LogP contribution in [-0.4, -0.2) is 76.0 Å². The van der Waals surface area contributed by atoms with Crippen molar-refractivity contribution in [3.8, 4) is 0 Å². The lowest BCUT2D eigenvalue weighted by molar-refractivity contribution is -0.105. The molecule has 0 spiro atoms. The molecule has 7 heteroatoms. The summed E-state index contributed by atoms with van der Waals surface area (Å²) >= 11 is 0.983. The summed E-state index contributed by atoms with van der Waals surface area (Å²) in [7, 11) is 0. The highest BCUT2D eigenvalue weighted by Gasteiger charge is 2.21. The molecule has 1 aromatic rings. The van der Waals surface area contributed by atoms with Crippen LogP contribution in [0, 0.1) is 0 Å². The normalized spacial score (nSPS) is 17.3. The van der Waals surface area contributed by atoms with Gasteiger partial charge in [-0.2, -0.15) is 0 Å². The molecule has 1 aromatic carbocycles. The average molecular weight is 337 g/mol. The lowest BCUT2D eigenvalue weighted by atomic mass is 10.2. The van der Waals surface area contributed by atoms with Gasteiger partial charge in [0.05, 0.1) is 6.61 Å². The van der Waals surface area contributed by atoms with Crippen molar-refractivity contribution in [3.63, 3.8) is 0 Å². The third-order valence-corrected chi connectivity index (χ3v) is 4.65. The van der Waals surface area contributed by atoms with Gasteiger partial charge in [-0.05, 0) is 5.56 Å². The van der Waals surface area contributed by atoms with E-state index in [2.05, 4.69) is 27.1 Å². The molecule has 0 aliphatic carbocycles. The molecule has 0 atom stereocenters. The zero-order chi connectivity index (χ0) is 16.5. The molecular weight excluding hydrogens is 314 g/mol. The van der Waals surface area contributed by atoms with Crippen molar-refractivity contribution in [2.24, 2.45) is 5.16 Å². The van der Waals surface area contributed by atoms with Crippen molar-refractivity contribution in [3.05, 3.63) is 35.9 Å². The second-order valence-electron chi connectivity index (χ2n) is 5.44. The SMILES string of the molecule is O=C(SCCO)/C(CN1CCN(Cc2ccccc2)CC1)=N\O. The molecule has 1 aliphatic heterocycles. The number of piperazine rings is 1. The number of hydrogen-bond acceptors (Lipinski definition) is 7. The number of carbonyl (C=O) groups excluding carboxylic acids is 1. The molecule has 2 rings (SSSR count). The van der Waals surface area contributed by atoms with Crippen LogP contribution in [0.25, 0.3) is 0 Å². The summed E-state index contributed by atoms with van der Waals surface area (Å²) in [6, 6.07) is 10.4. The van der Waals surface area contributed by atoms with Crippen LogP contribution < -0.4 is 0 Å². The first-order valence-corrected chi connectivity index (χ1v) is 8.69.